The zero-order valence-corrected chi connectivity index (χ0v) is 14.4. The number of amides is 1. The maximum absolute atomic E-state index is 12.9. The van der Waals surface area contributed by atoms with E-state index in [-0.39, 0.29) is 17.6 Å². The molecule has 0 radical (unpaired) electrons. The van der Waals surface area contributed by atoms with Crippen LogP contribution in [0, 0.1) is 11.7 Å². The van der Waals surface area contributed by atoms with E-state index in [0.717, 1.165) is 18.1 Å². The number of halogens is 1. The fraction of sp³-hybridized carbons (Fsp3) is 0.529. The number of nitrogens with zero attached hydrogens (tertiary/aromatic N) is 2. The molecule has 0 bridgehead atoms. The fourth-order valence-corrected chi connectivity index (χ4v) is 1.95. The third kappa shape index (κ3) is 7.13. The van der Waals surface area contributed by atoms with Crippen molar-refractivity contribution in [3.63, 3.8) is 0 Å². The first-order chi connectivity index (χ1) is 10.9. The zero-order chi connectivity index (χ0) is 17.2. The van der Waals surface area contributed by atoms with Gasteiger partial charge in [0.1, 0.15) is 5.82 Å². The lowest BCUT2D eigenvalue weighted by Crippen LogP contribution is -2.39. The smallest absolute Gasteiger partial charge is 0.222 e. The number of hydrogen-bond acceptors (Lipinski definition) is 2. The van der Waals surface area contributed by atoms with E-state index >= 15 is 0 Å². The molecule has 0 fully saturated rings. The van der Waals surface area contributed by atoms with Gasteiger partial charge in [0.05, 0.1) is 6.54 Å². The van der Waals surface area contributed by atoms with Crippen LogP contribution in [0.2, 0.25) is 0 Å². The average Bonchev–Trinajstić information content (AvgIpc) is 2.52. The van der Waals surface area contributed by atoms with E-state index in [1.807, 2.05) is 32.7 Å². The molecule has 0 spiro atoms. The van der Waals surface area contributed by atoms with Crippen molar-refractivity contribution >= 4 is 11.9 Å². The topological polar surface area (TPSA) is 56.7 Å². The van der Waals surface area contributed by atoms with Gasteiger partial charge in [-0.25, -0.2) is 4.39 Å². The molecule has 0 saturated carbocycles. The molecule has 0 saturated heterocycles. The quantitative estimate of drug-likeness (QED) is 0.459. The second-order valence-electron chi connectivity index (χ2n) is 5.66. The lowest BCUT2D eigenvalue weighted by molar-refractivity contribution is -0.123. The van der Waals surface area contributed by atoms with Crippen molar-refractivity contribution in [1.82, 2.24) is 15.5 Å². The van der Waals surface area contributed by atoms with Crippen molar-refractivity contribution in [2.75, 3.05) is 26.7 Å². The largest absolute Gasteiger partial charge is 0.357 e. The van der Waals surface area contributed by atoms with Gasteiger partial charge in [0.25, 0.3) is 0 Å². The SMILES string of the molecule is CCNC(=NCCNC(=O)C(C)C)N(C)Cc1ccc(F)cc1. The second-order valence-corrected chi connectivity index (χ2v) is 5.66. The molecule has 6 heteroatoms. The number of carbonyl (C=O) groups is 1. The van der Waals surface area contributed by atoms with E-state index in [4.69, 9.17) is 0 Å². The first-order valence-electron chi connectivity index (χ1n) is 7.95. The van der Waals surface area contributed by atoms with Crippen molar-refractivity contribution in [2.24, 2.45) is 10.9 Å². The van der Waals surface area contributed by atoms with Crippen molar-refractivity contribution in [1.29, 1.82) is 0 Å². The van der Waals surface area contributed by atoms with Crippen LogP contribution in [0.15, 0.2) is 29.3 Å². The Morgan fingerprint density at radius 1 is 1.26 bits per heavy atom. The number of benzene rings is 1. The van der Waals surface area contributed by atoms with E-state index in [0.29, 0.717) is 19.6 Å². The zero-order valence-electron chi connectivity index (χ0n) is 14.4. The van der Waals surface area contributed by atoms with Crippen molar-refractivity contribution in [3.8, 4) is 0 Å². The molecule has 2 N–H and O–H groups in total. The minimum Gasteiger partial charge on any atom is -0.357 e. The van der Waals surface area contributed by atoms with E-state index in [1.165, 1.54) is 12.1 Å². The molecule has 0 heterocycles. The molecule has 0 unspecified atom stereocenters. The van der Waals surface area contributed by atoms with Crippen LogP contribution >= 0.6 is 0 Å². The molecule has 23 heavy (non-hydrogen) atoms. The summed E-state index contributed by atoms with van der Waals surface area (Å²) >= 11 is 0. The highest BCUT2D eigenvalue weighted by Crippen LogP contribution is 2.05. The first kappa shape index (κ1) is 18.9. The van der Waals surface area contributed by atoms with Gasteiger partial charge in [0, 0.05) is 32.6 Å². The van der Waals surface area contributed by atoms with Gasteiger partial charge < -0.3 is 15.5 Å². The Bertz CT molecular complexity index is 514. The molecule has 1 aromatic rings. The predicted molar refractivity (Wildman–Crippen MR) is 91.7 cm³/mol. The van der Waals surface area contributed by atoms with E-state index in [1.54, 1.807) is 12.1 Å². The van der Waals surface area contributed by atoms with Gasteiger partial charge in [-0.05, 0) is 24.6 Å². The third-order valence-corrected chi connectivity index (χ3v) is 3.23. The summed E-state index contributed by atoms with van der Waals surface area (Å²) in [7, 11) is 1.93. The summed E-state index contributed by atoms with van der Waals surface area (Å²) in [6, 6.07) is 6.43. The Balaban J connectivity index is 2.56. The third-order valence-electron chi connectivity index (χ3n) is 3.23. The molecule has 128 valence electrons. The monoisotopic (exact) mass is 322 g/mol. The van der Waals surface area contributed by atoms with Crippen LogP contribution in [0.5, 0.6) is 0 Å². The van der Waals surface area contributed by atoms with Crippen LogP contribution in [-0.2, 0) is 11.3 Å². The number of hydrogen-bond donors (Lipinski definition) is 2. The van der Waals surface area contributed by atoms with Gasteiger partial charge in [0.2, 0.25) is 5.91 Å². The molecule has 0 atom stereocenters. The first-order valence-corrected chi connectivity index (χ1v) is 7.95. The molecule has 0 aromatic heterocycles. The maximum atomic E-state index is 12.9. The number of carbonyl (C=O) groups excluding carboxylic acids is 1. The lowest BCUT2D eigenvalue weighted by Gasteiger charge is -2.22. The van der Waals surface area contributed by atoms with Crippen LogP contribution in [0.25, 0.3) is 0 Å². The van der Waals surface area contributed by atoms with Crippen molar-refractivity contribution < 1.29 is 9.18 Å². The number of aliphatic imine (C=N–C) groups is 1. The molecular formula is C17H27FN4O. The van der Waals surface area contributed by atoms with Crippen LogP contribution in [0.1, 0.15) is 26.3 Å². The van der Waals surface area contributed by atoms with E-state index < -0.39 is 0 Å². The van der Waals surface area contributed by atoms with Gasteiger partial charge in [-0.3, -0.25) is 9.79 Å². The minimum absolute atomic E-state index is 0.0200. The Hall–Kier alpha value is -2.11. The highest BCUT2D eigenvalue weighted by molar-refractivity contribution is 5.80. The molecule has 0 aliphatic heterocycles. The van der Waals surface area contributed by atoms with Gasteiger partial charge in [-0.15, -0.1) is 0 Å². The molecule has 0 aliphatic rings. The summed E-state index contributed by atoms with van der Waals surface area (Å²) in [5, 5.41) is 6.05. The highest BCUT2D eigenvalue weighted by atomic mass is 19.1. The number of rotatable bonds is 7. The minimum atomic E-state index is -0.238. The van der Waals surface area contributed by atoms with Crippen LogP contribution < -0.4 is 10.6 Å². The average molecular weight is 322 g/mol. The Kier molecular flexibility index (Phi) is 8.08. The molecular weight excluding hydrogens is 295 g/mol. The molecule has 1 amide bonds. The molecule has 0 aliphatic carbocycles. The fourth-order valence-electron chi connectivity index (χ4n) is 1.95. The van der Waals surface area contributed by atoms with E-state index in [2.05, 4.69) is 15.6 Å². The number of nitrogens with one attached hydrogen (secondary N) is 2. The summed E-state index contributed by atoms with van der Waals surface area (Å²) < 4.78 is 12.9. The summed E-state index contributed by atoms with van der Waals surface area (Å²) in [5.41, 5.74) is 1.01. The van der Waals surface area contributed by atoms with Crippen LogP contribution in [0.3, 0.4) is 0 Å². The second kappa shape index (κ2) is 9.82. The van der Waals surface area contributed by atoms with Crippen LogP contribution in [0.4, 0.5) is 4.39 Å². The molecule has 5 nitrogen and oxygen atoms in total. The highest BCUT2D eigenvalue weighted by Gasteiger charge is 2.08. The summed E-state index contributed by atoms with van der Waals surface area (Å²) in [4.78, 5) is 18.0. The Labute approximate surface area is 138 Å². The normalized spacial score (nSPS) is 11.5. The van der Waals surface area contributed by atoms with Gasteiger partial charge in [-0.1, -0.05) is 26.0 Å². The van der Waals surface area contributed by atoms with E-state index in [9.17, 15) is 9.18 Å². The Morgan fingerprint density at radius 3 is 2.48 bits per heavy atom. The molecule has 1 rings (SSSR count). The van der Waals surface area contributed by atoms with Gasteiger partial charge in [-0.2, -0.15) is 0 Å². The maximum Gasteiger partial charge on any atom is 0.222 e. The summed E-state index contributed by atoms with van der Waals surface area (Å²) in [6.07, 6.45) is 0. The summed E-state index contributed by atoms with van der Waals surface area (Å²) in [5.74, 6) is 0.534. The Morgan fingerprint density at radius 2 is 1.91 bits per heavy atom. The molecule has 1 aromatic carbocycles. The number of guanidine groups is 1. The predicted octanol–water partition coefficient (Wildman–Crippen LogP) is 2.00. The summed E-state index contributed by atoms with van der Waals surface area (Å²) in [6.45, 7) is 8.13. The van der Waals surface area contributed by atoms with Gasteiger partial charge in [0.15, 0.2) is 5.96 Å². The standard InChI is InChI=1S/C17H27FN4O/c1-5-19-17(21-11-10-20-16(23)13(2)3)22(4)12-14-6-8-15(18)9-7-14/h6-9,13H,5,10-12H2,1-4H3,(H,19,21)(H,20,23). The lowest BCUT2D eigenvalue weighted by atomic mass is 10.2. The van der Waals surface area contributed by atoms with Gasteiger partial charge >= 0.3 is 0 Å². The van der Waals surface area contributed by atoms with Crippen LogP contribution in [-0.4, -0.2) is 43.4 Å². The van der Waals surface area contributed by atoms with Crippen molar-refractivity contribution in [3.05, 3.63) is 35.6 Å². The van der Waals surface area contributed by atoms with Crippen molar-refractivity contribution in [2.45, 2.75) is 27.3 Å².